The molecule has 0 saturated heterocycles. The number of rotatable bonds is 4. The second-order valence-corrected chi connectivity index (χ2v) is 4.45. The van der Waals surface area contributed by atoms with Crippen molar-refractivity contribution in [1.82, 2.24) is 0 Å². The van der Waals surface area contributed by atoms with Gasteiger partial charge in [-0.15, -0.1) is 0 Å². The van der Waals surface area contributed by atoms with Crippen LogP contribution in [0.4, 0.5) is 0 Å². The largest absolute Gasteiger partial charge is 0.369 e. The third-order valence-corrected chi connectivity index (χ3v) is 3.25. The highest BCUT2D eigenvalue weighted by Gasteiger charge is 2.26. The summed E-state index contributed by atoms with van der Waals surface area (Å²) in [6.45, 7) is 2.17. The lowest BCUT2D eigenvalue weighted by Crippen LogP contribution is -2.28. The molecular weight excluding hydrogens is 208 g/mol. The average Bonchev–Trinajstić information content (AvgIpc) is 2.41. The molecule has 2 rings (SSSR count). The molecule has 1 aliphatic rings. The van der Waals surface area contributed by atoms with Crippen LogP contribution in [0.5, 0.6) is 0 Å². The Morgan fingerprint density at radius 2 is 2.06 bits per heavy atom. The maximum Gasteiger partial charge on any atom is 0.111 e. The number of ether oxygens (including phenoxy) is 1. The van der Waals surface area contributed by atoms with Gasteiger partial charge in [0.2, 0.25) is 0 Å². The van der Waals surface area contributed by atoms with Gasteiger partial charge in [-0.3, -0.25) is 0 Å². The molecule has 0 saturated carbocycles. The second-order valence-electron chi connectivity index (χ2n) is 4.45. The molecule has 1 aromatic carbocycles. The molecule has 1 aromatic rings. The summed E-state index contributed by atoms with van der Waals surface area (Å²) in [6.07, 6.45) is 12.0. The molecule has 17 heavy (non-hydrogen) atoms. The Balaban J connectivity index is 2.15. The Bertz CT molecular complexity index is 389. The Kier molecular flexibility index (Phi) is 3.80. The van der Waals surface area contributed by atoms with E-state index in [1.54, 1.807) is 7.11 Å². The van der Waals surface area contributed by atoms with Crippen molar-refractivity contribution in [2.45, 2.75) is 31.3 Å². The van der Waals surface area contributed by atoms with E-state index in [2.05, 4.69) is 55.5 Å². The topological polar surface area (TPSA) is 9.23 Å². The minimum Gasteiger partial charge on any atom is -0.369 e. The highest BCUT2D eigenvalue weighted by atomic mass is 16.5. The third-order valence-electron chi connectivity index (χ3n) is 3.25. The van der Waals surface area contributed by atoms with Gasteiger partial charge in [-0.1, -0.05) is 61.9 Å². The fourth-order valence-electron chi connectivity index (χ4n) is 2.23. The zero-order chi connectivity index (χ0) is 12.1. The smallest absolute Gasteiger partial charge is 0.111 e. The summed E-state index contributed by atoms with van der Waals surface area (Å²) in [5, 5.41) is 0. The molecule has 2 atom stereocenters. The summed E-state index contributed by atoms with van der Waals surface area (Å²) in [5.41, 5.74) is 0.998. The lowest BCUT2D eigenvalue weighted by molar-refractivity contribution is 0.0578. The first-order valence-corrected chi connectivity index (χ1v) is 6.20. The predicted molar refractivity (Wildman–Crippen MR) is 70.8 cm³/mol. The van der Waals surface area contributed by atoms with Crippen molar-refractivity contribution in [1.29, 1.82) is 0 Å². The lowest BCUT2D eigenvalue weighted by atomic mass is 9.86. The summed E-state index contributed by atoms with van der Waals surface area (Å²) in [5.74, 6) is 0.330. The van der Waals surface area contributed by atoms with Crippen molar-refractivity contribution in [3.05, 3.63) is 60.2 Å². The van der Waals surface area contributed by atoms with Crippen LogP contribution in [0.1, 0.15) is 31.2 Å². The van der Waals surface area contributed by atoms with Crippen LogP contribution in [0, 0.1) is 6.08 Å². The maximum absolute atomic E-state index is 5.57. The van der Waals surface area contributed by atoms with Gasteiger partial charge in [-0.2, -0.15) is 0 Å². The first-order valence-electron chi connectivity index (χ1n) is 6.20. The van der Waals surface area contributed by atoms with E-state index in [4.69, 9.17) is 4.74 Å². The number of hydrogen-bond acceptors (Lipinski definition) is 1. The van der Waals surface area contributed by atoms with Gasteiger partial charge < -0.3 is 4.74 Å². The van der Waals surface area contributed by atoms with Gasteiger partial charge in [0, 0.05) is 13.0 Å². The average molecular weight is 227 g/mol. The normalized spacial score (nSPS) is 27.3. The predicted octanol–water partition coefficient (Wildman–Crippen LogP) is 3.88. The highest BCUT2D eigenvalue weighted by Crippen LogP contribution is 2.30. The van der Waals surface area contributed by atoms with E-state index in [-0.39, 0.29) is 5.60 Å². The van der Waals surface area contributed by atoms with Gasteiger partial charge in [0.1, 0.15) is 5.60 Å². The lowest BCUT2D eigenvalue weighted by Gasteiger charge is -2.28. The van der Waals surface area contributed by atoms with E-state index in [9.17, 15) is 0 Å². The minimum absolute atomic E-state index is 0.306. The van der Waals surface area contributed by atoms with Crippen LogP contribution in [0.15, 0.2) is 48.6 Å². The summed E-state index contributed by atoms with van der Waals surface area (Å²) < 4.78 is 5.57. The molecule has 0 spiro atoms. The molecule has 0 amide bonds. The molecule has 0 fully saturated rings. The van der Waals surface area contributed by atoms with Crippen molar-refractivity contribution < 1.29 is 4.74 Å². The first-order chi connectivity index (χ1) is 8.29. The van der Waals surface area contributed by atoms with Gasteiger partial charge in [0.05, 0.1) is 0 Å². The zero-order valence-electron chi connectivity index (χ0n) is 10.5. The molecule has 0 bridgehead atoms. The Hall–Kier alpha value is -1.34. The summed E-state index contributed by atoms with van der Waals surface area (Å²) in [6, 6.07) is 10.5. The van der Waals surface area contributed by atoms with E-state index < -0.39 is 0 Å². The van der Waals surface area contributed by atoms with Crippen LogP contribution in [0.2, 0.25) is 0 Å². The van der Waals surface area contributed by atoms with E-state index >= 15 is 0 Å². The van der Waals surface area contributed by atoms with Crippen LogP contribution in [0.3, 0.4) is 0 Å². The second kappa shape index (κ2) is 5.33. The molecular formula is C16H19O. The van der Waals surface area contributed by atoms with Gasteiger partial charge in [-0.05, 0) is 18.1 Å². The zero-order valence-corrected chi connectivity index (χ0v) is 10.5. The summed E-state index contributed by atoms with van der Waals surface area (Å²) >= 11 is 0. The Labute approximate surface area is 104 Å². The fraction of sp³-hybridized carbons (Fsp3) is 0.375. The van der Waals surface area contributed by atoms with Crippen LogP contribution in [-0.4, -0.2) is 12.7 Å². The molecule has 1 heteroatoms. The number of benzene rings is 1. The van der Waals surface area contributed by atoms with E-state index in [1.165, 1.54) is 5.56 Å². The first kappa shape index (κ1) is 12.1. The number of allylic oxidation sites excluding steroid dienone is 2. The minimum atomic E-state index is -0.306. The number of methoxy groups -OCH3 is 1. The molecule has 1 radical (unpaired) electrons. The van der Waals surface area contributed by atoms with E-state index in [0.29, 0.717) is 5.92 Å². The molecule has 1 aliphatic carbocycles. The quantitative estimate of drug-likeness (QED) is 0.709. The standard InChI is InChI=1S/C16H19O/c1-3-11-16(17-2)12-9-15(10-13-16)14-7-5-4-6-8-14/h4-10,12,15H,3,11H2,1-2H3. The fourth-order valence-corrected chi connectivity index (χ4v) is 2.23. The van der Waals surface area contributed by atoms with Crippen molar-refractivity contribution in [3.63, 3.8) is 0 Å². The van der Waals surface area contributed by atoms with Gasteiger partial charge in [0.25, 0.3) is 0 Å². The molecule has 2 unspecified atom stereocenters. The highest BCUT2D eigenvalue weighted by molar-refractivity contribution is 5.33. The monoisotopic (exact) mass is 227 g/mol. The van der Waals surface area contributed by atoms with Gasteiger partial charge in [-0.25, -0.2) is 0 Å². The number of hydrogen-bond donors (Lipinski definition) is 0. The Morgan fingerprint density at radius 3 is 2.59 bits per heavy atom. The summed E-state index contributed by atoms with van der Waals surface area (Å²) in [7, 11) is 1.75. The third kappa shape index (κ3) is 2.67. The van der Waals surface area contributed by atoms with Gasteiger partial charge >= 0.3 is 0 Å². The SMILES string of the molecule is CCCC1(OC)[C]=CC(c2ccccc2)C=C1. The summed E-state index contributed by atoms with van der Waals surface area (Å²) in [4.78, 5) is 0. The van der Waals surface area contributed by atoms with Crippen LogP contribution in [-0.2, 0) is 4.74 Å². The maximum atomic E-state index is 5.57. The molecule has 1 nitrogen and oxygen atoms in total. The molecule has 0 aromatic heterocycles. The van der Waals surface area contributed by atoms with Crippen molar-refractivity contribution in [2.75, 3.05) is 7.11 Å². The van der Waals surface area contributed by atoms with Crippen LogP contribution >= 0.6 is 0 Å². The Morgan fingerprint density at radius 1 is 1.29 bits per heavy atom. The van der Waals surface area contributed by atoms with Crippen LogP contribution < -0.4 is 0 Å². The van der Waals surface area contributed by atoms with E-state index in [1.807, 2.05) is 6.07 Å². The molecule has 0 heterocycles. The van der Waals surface area contributed by atoms with Crippen molar-refractivity contribution >= 4 is 0 Å². The van der Waals surface area contributed by atoms with Gasteiger partial charge in [0.15, 0.2) is 0 Å². The van der Waals surface area contributed by atoms with Crippen LogP contribution in [0.25, 0.3) is 0 Å². The van der Waals surface area contributed by atoms with Crippen molar-refractivity contribution in [3.8, 4) is 0 Å². The molecule has 0 aliphatic heterocycles. The van der Waals surface area contributed by atoms with E-state index in [0.717, 1.165) is 12.8 Å². The molecule has 0 N–H and O–H groups in total. The molecule has 89 valence electrons. The van der Waals surface area contributed by atoms with Crippen molar-refractivity contribution in [2.24, 2.45) is 0 Å².